The monoisotopic (exact) mass is 378 g/mol. The van der Waals surface area contributed by atoms with Gasteiger partial charge in [0.15, 0.2) is 5.11 Å². The average molecular weight is 379 g/mol. The molecule has 1 N–H and O–H groups in total. The molecular weight excluding hydrogens is 356 g/mol. The Hall–Kier alpha value is -2.86. The predicted molar refractivity (Wildman–Crippen MR) is 109 cm³/mol. The summed E-state index contributed by atoms with van der Waals surface area (Å²) in [6.07, 6.45) is 6.04. The first-order chi connectivity index (χ1) is 13.2. The van der Waals surface area contributed by atoms with Crippen molar-refractivity contribution in [3.8, 4) is 5.75 Å². The number of methoxy groups -OCH3 is 1. The van der Waals surface area contributed by atoms with Gasteiger partial charge in [0, 0.05) is 32.2 Å². The molecule has 0 bridgehead atoms. The molecule has 5 nitrogen and oxygen atoms in total. The summed E-state index contributed by atoms with van der Waals surface area (Å²) in [7, 11) is 3.71. The van der Waals surface area contributed by atoms with E-state index < -0.39 is 0 Å². The van der Waals surface area contributed by atoms with Gasteiger partial charge in [-0.1, -0.05) is 18.2 Å². The van der Waals surface area contributed by atoms with Gasteiger partial charge < -0.3 is 19.5 Å². The van der Waals surface area contributed by atoms with Gasteiger partial charge in [0.25, 0.3) is 0 Å². The summed E-state index contributed by atoms with van der Waals surface area (Å²) in [5.41, 5.74) is 3.39. The second-order valence-electron chi connectivity index (χ2n) is 6.71. The summed E-state index contributed by atoms with van der Waals surface area (Å²) >= 11 is 5.70. The molecule has 0 aliphatic carbocycles. The lowest BCUT2D eigenvalue weighted by Crippen LogP contribution is -2.29. The fourth-order valence-electron chi connectivity index (χ4n) is 3.57. The molecule has 2 aromatic heterocycles. The van der Waals surface area contributed by atoms with Crippen LogP contribution in [0.1, 0.15) is 28.9 Å². The van der Waals surface area contributed by atoms with E-state index in [9.17, 15) is 0 Å². The van der Waals surface area contributed by atoms with Gasteiger partial charge in [0.1, 0.15) is 5.75 Å². The van der Waals surface area contributed by atoms with Crippen molar-refractivity contribution < 1.29 is 4.74 Å². The molecule has 1 aliphatic heterocycles. The van der Waals surface area contributed by atoms with Crippen molar-refractivity contribution in [1.82, 2.24) is 19.8 Å². The minimum atomic E-state index is 0.0133. The molecule has 1 aromatic carbocycles. The number of hydrogen-bond acceptors (Lipinski definition) is 3. The van der Waals surface area contributed by atoms with Gasteiger partial charge in [0.05, 0.1) is 24.9 Å². The van der Waals surface area contributed by atoms with Crippen LogP contribution in [0.3, 0.4) is 0 Å². The molecule has 27 heavy (non-hydrogen) atoms. The lowest BCUT2D eigenvalue weighted by Gasteiger charge is -2.27. The summed E-state index contributed by atoms with van der Waals surface area (Å²) in [4.78, 5) is 6.81. The van der Waals surface area contributed by atoms with Gasteiger partial charge >= 0.3 is 0 Å². The first-order valence-electron chi connectivity index (χ1n) is 8.88. The Labute approximate surface area is 164 Å². The van der Waals surface area contributed by atoms with E-state index in [-0.39, 0.29) is 12.1 Å². The molecule has 0 amide bonds. The maximum atomic E-state index is 5.70. The van der Waals surface area contributed by atoms with Crippen molar-refractivity contribution in [2.45, 2.75) is 18.6 Å². The van der Waals surface area contributed by atoms with E-state index in [1.165, 1.54) is 11.1 Å². The lowest BCUT2D eigenvalue weighted by molar-refractivity contribution is 0.311. The highest BCUT2D eigenvalue weighted by Gasteiger charge is 2.39. The van der Waals surface area contributed by atoms with E-state index in [2.05, 4.69) is 50.4 Å². The Bertz CT molecular complexity index is 923. The van der Waals surface area contributed by atoms with Crippen molar-refractivity contribution >= 4 is 17.3 Å². The van der Waals surface area contributed by atoms with Crippen LogP contribution < -0.4 is 10.1 Å². The van der Waals surface area contributed by atoms with Gasteiger partial charge in [0.2, 0.25) is 0 Å². The van der Waals surface area contributed by atoms with Crippen LogP contribution in [0.5, 0.6) is 5.75 Å². The summed E-state index contributed by atoms with van der Waals surface area (Å²) in [5, 5.41) is 4.23. The number of aromatic nitrogens is 2. The number of pyridine rings is 1. The highest BCUT2D eigenvalue weighted by atomic mass is 32.1. The van der Waals surface area contributed by atoms with Crippen LogP contribution in [-0.4, -0.2) is 26.7 Å². The van der Waals surface area contributed by atoms with Crippen LogP contribution in [0.4, 0.5) is 0 Å². The molecule has 4 rings (SSSR count). The topological polar surface area (TPSA) is 42.3 Å². The fraction of sp³-hybridized carbons (Fsp3) is 0.238. The number of hydrogen-bond donors (Lipinski definition) is 1. The molecule has 1 aliphatic rings. The molecule has 3 heterocycles. The normalized spacial score (nSPS) is 19.2. The minimum absolute atomic E-state index is 0.0133. The molecule has 6 heteroatoms. The summed E-state index contributed by atoms with van der Waals surface area (Å²) < 4.78 is 7.33. The van der Waals surface area contributed by atoms with Crippen molar-refractivity contribution in [2.24, 2.45) is 7.05 Å². The number of aryl methyl sites for hydroxylation is 1. The van der Waals surface area contributed by atoms with Crippen LogP contribution in [0.15, 0.2) is 67.1 Å². The molecular formula is C21H22N4OS. The van der Waals surface area contributed by atoms with Gasteiger partial charge in [-0.25, -0.2) is 0 Å². The van der Waals surface area contributed by atoms with Crippen molar-refractivity contribution in [3.05, 3.63) is 83.9 Å². The zero-order chi connectivity index (χ0) is 18.8. The second kappa shape index (κ2) is 7.40. The number of rotatable bonds is 5. The molecule has 2 atom stereocenters. The maximum Gasteiger partial charge on any atom is 0.170 e. The highest BCUT2D eigenvalue weighted by molar-refractivity contribution is 7.80. The van der Waals surface area contributed by atoms with E-state index in [1.54, 1.807) is 7.11 Å². The molecule has 0 saturated carbocycles. The van der Waals surface area contributed by atoms with Crippen LogP contribution >= 0.6 is 12.2 Å². The third-order valence-corrected chi connectivity index (χ3v) is 5.26. The van der Waals surface area contributed by atoms with Gasteiger partial charge in [-0.05, 0) is 53.7 Å². The zero-order valence-corrected chi connectivity index (χ0v) is 16.2. The fourth-order valence-corrected chi connectivity index (χ4v) is 3.87. The summed E-state index contributed by atoms with van der Waals surface area (Å²) in [6, 6.07) is 16.4. The van der Waals surface area contributed by atoms with Crippen molar-refractivity contribution in [1.29, 1.82) is 0 Å². The molecule has 0 unspecified atom stereocenters. The SMILES string of the molecule is COc1ccc(CN2C(=S)N[C@@H](c3ccccn3)[C@@H]2c2ccn(C)c2)cc1. The first kappa shape index (κ1) is 17.5. The van der Waals surface area contributed by atoms with Gasteiger partial charge in [-0.15, -0.1) is 0 Å². The number of thiocarbonyl (C=S) groups is 1. The molecule has 138 valence electrons. The largest absolute Gasteiger partial charge is 0.497 e. The smallest absolute Gasteiger partial charge is 0.170 e. The Morgan fingerprint density at radius 2 is 1.96 bits per heavy atom. The van der Waals surface area contributed by atoms with E-state index in [4.69, 9.17) is 17.0 Å². The first-order valence-corrected chi connectivity index (χ1v) is 9.29. The molecule has 0 radical (unpaired) electrons. The van der Waals surface area contributed by atoms with E-state index in [0.717, 1.165) is 23.1 Å². The van der Waals surface area contributed by atoms with Crippen LogP contribution in [0.25, 0.3) is 0 Å². The third-order valence-electron chi connectivity index (χ3n) is 4.91. The predicted octanol–water partition coefficient (Wildman–Crippen LogP) is 3.60. The lowest BCUT2D eigenvalue weighted by atomic mass is 9.98. The van der Waals surface area contributed by atoms with Crippen molar-refractivity contribution in [2.75, 3.05) is 7.11 Å². The highest BCUT2D eigenvalue weighted by Crippen LogP contribution is 2.39. The summed E-state index contributed by atoms with van der Waals surface area (Å²) in [6.45, 7) is 0.721. The number of nitrogens with zero attached hydrogens (tertiary/aromatic N) is 3. The Kier molecular flexibility index (Phi) is 4.81. The minimum Gasteiger partial charge on any atom is -0.497 e. The van der Waals surface area contributed by atoms with Crippen LogP contribution in [0, 0.1) is 0 Å². The second-order valence-corrected chi connectivity index (χ2v) is 7.10. The molecule has 0 spiro atoms. The van der Waals surface area contributed by atoms with E-state index in [0.29, 0.717) is 0 Å². The molecule has 1 saturated heterocycles. The van der Waals surface area contributed by atoms with Crippen LogP contribution in [0.2, 0.25) is 0 Å². The van der Waals surface area contributed by atoms with E-state index >= 15 is 0 Å². The van der Waals surface area contributed by atoms with E-state index in [1.807, 2.05) is 43.6 Å². The quantitative estimate of drug-likeness (QED) is 0.687. The third kappa shape index (κ3) is 3.53. The maximum absolute atomic E-state index is 5.70. The van der Waals surface area contributed by atoms with Crippen molar-refractivity contribution in [3.63, 3.8) is 0 Å². The molecule has 1 fully saturated rings. The molecule has 3 aromatic rings. The number of nitrogens with one attached hydrogen (secondary N) is 1. The van der Waals surface area contributed by atoms with Gasteiger partial charge in [-0.3, -0.25) is 4.98 Å². The Balaban J connectivity index is 1.68. The number of ether oxygens (including phenoxy) is 1. The Morgan fingerprint density at radius 1 is 1.15 bits per heavy atom. The summed E-state index contributed by atoms with van der Waals surface area (Å²) in [5.74, 6) is 0.854. The standard InChI is InChI=1S/C21H22N4OS/c1-24-12-10-16(14-24)20-19(18-5-3-4-11-22-18)23-21(27)25(20)13-15-6-8-17(26-2)9-7-15/h3-12,14,19-20H,13H2,1-2H3,(H,23,27)/t19-,20-/m0/s1. The average Bonchev–Trinajstić information content (AvgIpc) is 3.26. The van der Waals surface area contributed by atoms with Gasteiger partial charge in [-0.2, -0.15) is 0 Å². The number of benzene rings is 1. The zero-order valence-electron chi connectivity index (χ0n) is 15.4. The Morgan fingerprint density at radius 3 is 2.59 bits per heavy atom. The van der Waals surface area contributed by atoms with Crippen LogP contribution in [-0.2, 0) is 13.6 Å².